The van der Waals surface area contributed by atoms with Crippen LogP contribution >= 0.6 is 31.9 Å². The summed E-state index contributed by atoms with van der Waals surface area (Å²) in [7, 11) is 0. The van der Waals surface area contributed by atoms with E-state index in [1.807, 2.05) is 18.2 Å². The molecule has 3 atom stereocenters. The summed E-state index contributed by atoms with van der Waals surface area (Å²) in [5.41, 5.74) is 2.41. The van der Waals surface area contributed by atoms with Gasteiger partial charge >= 0.3 is 0 Å². The molecule has 0 saturated carbocycles. The molecule has 0 spiro atoms. The summed E-state index contributed by atoms with van der Waals surface area (Å²) in [6.45, 7) is 4.48. The van der Waals surface area contributed by atoms with E-state index in [0.29, 0.717) is 16.3 Å². The highest BCUT2D eigenvalue weighted by atomic mass is 79.9. The molecule has 0 heterocycles. The number of hydrogen-bond acceptors (Lipinski definition) is 0. The lowest BCUT2D eigenvalue weighted by Crippen LogP contribution is -2.14. The number of halogens is 3. The van der Waals surface area contributed by atoms with E-state index in [0.717, 1.165) is 12.0 Å². The van der Waals surface area contributed by atoms with Crippen molar-refractivity contribution in [1.82, 2.24) is 0 Å². The van der Waals surface area contributed by atoms with E-state index in [1.54, 1.807) is 0 Å². The summed E-state index contributed by atoms with van der Waals surface area (Å²) in [4.78, 5) is 0.159. The summed E-state index contributed by atoms with van der Waals surface area (Å²) < 4.78 is 14.0. The molecule has 0 bridgehead atoms. The molecule has 0 nitrogen and oxygen atoms in total. The number of hydrogen-bond donors (Lipinski definition) is 0. The first-order valence-electron chi connectivity index (χ1n) is 7.18. The van der Waals surface area contributed by atoms with Crippen molar-refractivity contribution in [2.75, 3.05) is 0 Å². The van der Waals surface area contributed by atoms with Crippen LogP contribution < -0.4 is 0 Å². The molecular formula is C18H19Br2F. The van der Waals surface area contributed by atoms with E-state index in [4.69, 9.17) is 0 Å². The first-order chi connectivity index (χ1) is 10.0. The van der Waals surface area contributed by atoms with Gasteiger partial charge in [-0.15, -0.1) is 0 Å². The third kappa shape index (κ3) is 3.95. The molecule has 0 aliphatic heterocycles. The zero-order valence-corrected chi connectivity index (χ0v) is 15.4. The molecule has 21 heavy (non-hydrogen) atoms. The van der Waals surface area contributed by atoms with E-state index in [1.165, 1.54) is 11.6 Å². The largest absolute Gasteiger partial charge is 0.206 e. The van der Waals surface area contributed by atoms with Crippen LogP contribution in [-0.4, -0.2) is 0 Å². The third-order valence-corrected chi connectivity index (χ3v) is 5.72. The normalized spacial score (nSPS) is 15.5. The molecule has 2 aromatic rings. The molecule has 2 rings (SSSR count). The van der Waals surface area contributed by atoms with Gasteiger partial charge in [-0.05, 0) is 45.1 Å². The Kier molecular flexibility index (Phi) is 6.00. The molecule has 0 aliphatic rings. The van der Waals surface area contributed by atoms with Gasteiger partial charge in [-0.2, -0.15) is 0 Å². The standard InChI is InChI=1S/C18H19Br2F/c1-3-12(2)17(13-7-5-4-6-8-13)18(20)14-9-10-16(21)15(19)11-14/h4-12,17-18H,3H2,1-2H3. The molecule has 0 amide bonds. The summed E-state index contributed by atoms with van der Waals surface area (Å²) in [5, 5.41) is 0. The van der Waals surface area contributed by atoms with Gasteiger partial charge in [0.15, 0.2) is 0 Å². The first-order valence-corrected chi connectivity index (χ1v) is 8.89. The first kappa shape index (κ1) is 16.7. The second kappa shape index (κ2) is 7.55. The van der Waals surface area contributed by atoms with Crippen molar-refractivity contribution in [2.24, 2.45) is 5.92 Å². The molecular weight excluding hydrogens is 395 g/mol. The topological polar surface area (TPSA) is 0 Å². The van der Waals surface area contributed by atoms with Crippen LogP contribution in [0.25, 0.3) is 0 Å². The second-order valence-corrected chi connectivity index (χ2v) is 7.24. The average molecular weight is 414 g/mol. The lowest BCUT2D eigenvalue weighted by molar-refractivity contribution is 0.440. The van der Waals surface area contributed by atoms with Gasteiger partial charge in [0.1, 0.15) is 5.82 Å². The van der Waals surface area contributed by atoms with Crippen LogP contribution in [0.3, 0.4) is 0 Å². The molecule has 0 radical (unpaired) electrons. The Hall–Kier alpha value is -0.670. The molecule has 0 aliphatic carbocycles. The van der Waals surface area contributed by atoms with Gasteiger partial charge in [-0.1, -0.05) is 72.6 Å². The van der Waals surface area contributed by atoms with Crippen LogP contribution in [0, 0.1) is 11.7 Å². The van der Waals surface area contributed by atoms with Gasteiger partial charge in [0.2, 0.25) is 0 Å². The van der Waals surface area contributed by atoms with Crippen LogP contribution in [0.2, 0.25) is 0 Å². The monoisotopic (exact) mass is 412 g/mol. The quantitative estimate of drug-likeness (QED) is 0.470. The van der Waals surface area contributed by atoms with Gasteiger partial charge in [-0.3, -0.25) is 0 Å². The maximum absolute atomic E-state index is 13.4. The van der Waals surface area contributed by atoms with Crippen molar-refractivity contribution in [3.8, 4) is 0 Å². The zero-order chi connectivity index (χ0) is 15.4. The maximum Gasteiger partial charge on any atom is 0.137 e. The minimum atomic E-state index is -0.224. The molecule has 0 saturated heterocycles. The average Bonchev–Trinajstić information content (AvgIpc) is 2.51. The van der Waals surface area contributed by atoms with Gasteiger partial charge in [0.25, 0.3) is 0 Å². The van der Waals surface area contributed by atoms with Gasteiger partial charge in [0.05, 0.1) is 4.47 Å². The van der Waals surface area contributed by atoms with Crippen molar-refractivity contribution in [1.29, 1.82) is 0 Å². The fraction of sp³-hybridized carbons (Fsp3) is 0.333. The number of alkyl halides is 1. The van der Waals surface area contributed by atoms with Crippen molar-refractivity contribution in [3.63, 3.8) is 0 Å². The van der Waals surface area contributed by atoms with Crippen LogP contribution in [0.15, 0.2) is 53.0 Å². The number of benzene rings is 2. The van der Waals surface area contributed by atoms with E-state index in [-0.39, 0.29) is 10.6 Å². The SMILES string of the molecule is CCC(C)C(c1ccccc1)C(Br)c1ccc(F)c(Br)c1. The van der Waals surface area contributed by atoms with Crippen molar-refractivity contribution in [2.45, 2.75) is 31.0 Å². The fourth-order valence-electron chi connectivity index (χ4n) is 2.61. The molecule has 0 aromatic heterocycles. The van der Waals surface area contributed by atoms with Gasteiger partial charge < -0.3 is 0 Å². The lowest BCUT2D eigenvalue weighted by Gasteiger charge is -2.29. The van der Waals surface area contributed by atoms with E-state index >= 15 is 0 Å². The minimum Gasteiger partial charge on any atom is -0.206 e. The highest BCUT2D eigenvalue weighted by Gasteiger charge is 2.27. The Morgan fingerprint density at radius 3 is 2.29 bits per heavy atom. The predicted molar refractivity (Wildman–Crippen MR) is 94.4 cm³/mol. The minimum absolute atomic E-state index is 0.159. The Balaban J connectivity index is 2.38. The van der Waals surface area contributed by atoms with E-state index < -0.39 is 0 Å². The second-order valence-electron chi connectivity index (χ2n) is 5.40. The van der Waals surface area contributed by atoms with Crippen molar-refractivity contribution >= 4 is 31.9 Å². The van der Waals surface area contributed by atoms with Crippen molar-refractivity contribution < 1.29 is 4.39 Å². The van der Waals surface area contributed by atoms with Crippen LogP contribution in [-0.2, 0) is 0 Å². The third-order valence-electron chi connectivity index (χ3n) is 4.02. The Labute approximate surface area is 143 Å². The maximum atomic E-state index is 13.4. The highest BCUT2D eigenvalue weighted by molar-refractivity contribution is 9.10. The number of rotatable bonds is 5. The highest BCUT2D eigenvalue weighted by Crippen LogP contribution is 2.44. The van der Waals surface area contributed by atoms with Crippen molar-refractivity contribution in [3.05, 3.63) is 69.9 Å². The molecule has 0 N–H and O–H groups in total. The Bertz CT molecular complexity index is 583. The Morgan fingerprint density at radius 1 is 1.05 bits per heavy atom. The van der Waals surface area contributed by atoms with Crippen LogP contribution in [0.4, 0.5) is 4.39 Å². The summed E-state index contributed by atoms with van der Waals surface area (Å²) in [6, 6.07) is 15.8. The molecule has 3 heteroatoms. The Morgan fingerprint density at radius 2 is 1.71 bits per heavy atom. The zero-order valence-electron chi connectivity index (χ0n) is 12.2. The molecule has 0 fully saturated rings. The van der Waals surface area contributed by atoms with E-state index in [2.05, 4.69) is 70.0 Å². The van der Waals surface area contributed by atoms with Crippen LogP contribution in [0.1, 0.15) is 42.1 Å². The molecule has 3 unspecified atom stereocenters. The predicted octanol–water partition coefficient (Wildman–Crippen LogP) is 6.85. The lowest BCUT2D eigenvalue weighted by atomic mass is 9.81. The fourth-order valence-corrected chi connectivity index (χ4v) is 4.11. The van der Waals surface area contributed by atoms with Gasteiger partial charge in [0, 0.05) is 10.7 Å². The smallest absolute Gasteiger partial charge is 0.137 e. The molecule has 112 valence electrons. The summed E-state index contributed by atoms with van der Waals surface area (Å²) in [5.74, 6) is 0.660. The van der Waals surface area contributed by atoms with Crippen LogP contribution in [0.5, 0.6) is 0 Å². The summed E-state index contributed by atoms with van der Waals surface area (Å²) >= 11 is 7.12. The summed E-state index contributed by atoms with van der Waals surface area (Å²) in [6.07, 6.45) is 1.10. The van der Waals surface area contributed by atoms with E-state index in [9.17, 15) is 4.39 Å². The molecule has 2 aromatic carbocycles. The van der Waals surface area contributed by atoms with Gasteiger partial charge in [-0.25, -0.2) is 4.39 Å².